The van der Waals surface area contributed by atoms with Crippen LogP contribution in [0.3, 0.4) is 0 Å². The fraction of sp³-hybridized carbons (Fsp3) is 0.0833. The van der Waals surface area contributed by atoms with Crippen molar-refractivity contribution in [3.8, 4) is 11.5 Å². The Bertz CT molecular complexity index is 453. The number of hydrogen-bond donors (Lipinski definition) is 0. The SMILES string of the molecule is C/C(F)=C\c1ccc(-c2ncco2)cc1. The molecule has 2 aromatic rings. The van der Waals surface area contributed by atoms with E-state index in [1.165, 1.54) is 19.3 Å². The molecule has 0 atom stereocenters. The lowest BCUT2D eigenvalue weighted by Crippen LogP contribution is -1.78. The molecule has 0 saturated carbocycles. The third-order valence-corrected chi connectivity index (χ3v) is 1.96. The molecule has 2 nitrogen and oxygen atoms in total. The molecule has 1 heterocycles. The van der Waals surface area contributed by atoms with Gasteiger partial charge in [0.05, 0.1) is 12.0 Å². The molecule has 0 aliphatic heterocycles. The Balaban J connectivity index is 2.29. The molecule has 0 bridgehead atoms. The summed E-state index contributed by atoms with van der Waals surface area (Å²) in [6, 6.07) is 7.34. The highest BCUT2D eigenvalue weighted by Crippen LogP contribution is 2.18. The lowest BCUT2D eigenvalue weighted by atomic mass is 10.1. The van der Waals surface area contributed by atoms with E-state index in [0.717, 1.165) is 11.1 Å². The van der Waals surface area contributed by atoms with Crippen LogP contribution in [-0.4, -0.2) is 4.98 Å². The highest BCUT2D eigenvalue weighted by atomic mass is 19.1. The Morgan fingerprint density at radius 1 is 1.33 bits per heavy atom. The number of oxazole rings is 1. The molecule has 0 saturated heterocycles. The van der Waals surface area contributed by atoms with Gasteiger partial charge < -0.3 is 4.42 Å². The van der Waals surface area contributed by atoms with E-state index in [-0.39, 0.29) is 5.83 Å². The molecule has 0 spiro atoms. The Labute approximate surface area is 87.1 Å². The summed E-state index contributed by atoms with van der Waals surface area (Å²) in [5.74, 6) is 0.362. The van der Waals surface area contributed by atoms with Gasteiger partial charge in [0.15, 0.2) is 0 Å². The van der Waals surface area contributed by atoms with Gasteiger partial charge in [-0.2, -0.15) is 0 Å². The fourth-order valence-electron chi connectivity index (χ4n) is 1.32. The van der Waals surface area contributed by atoms with Crippen molar-refractivity contribution in [2.24, 2.45) is 0 Å². The van der Waals surface area contributed by atoms with E-state index in [4.69, 9.17) is 4.42 Å². The maximum absolute atomic E-state index is 12.6. The Morgan fingerprint density at radius 3 is 2.60 bits per heavy atom. The smallest absolute Gasteiger partial charge is 0.225 e. The lowest BCUT2D eigenvalue weighted by Gasteiger charge is -1.96. The predicted molar refractivity (Wildman–Crippen MR) is 56.7 cm³/mol. The molecular weight excluding hydrogens is 193 g/mol. The average molecular weight is 203 g/mol. The maximum Gasteiger partial charge on any atom is 0.225 e. The Hall–Kier alpha value is -1.90. The summed E-state index contributed by atoms with van der Waals surface area (Å²) >= 11 is 0. The molecule has 76 valence electrons. The molecule has 0 aliphatic rings. The highest BCUT2D eigenvalue weighted by Gasteiger charge is 2.00. The average Bonchev–Trinajstić information content (AvgIpc) is 2.71. The minimum absolute atomic E-state index is 0.209. The van der Waals surface area contributed by atoms with Crippen LogP contribution in [-0.2, 0) is 0 Å². The van der Waals surface area contributed by atoms with Crippen molar-refractivity contribution in [2.75, 3.05) is 0 Å². The van der Waals surface area contributed by atoms with Gasteiger partial charge >= 0.3 is 0 Å². The first kappa shape index (κ1) is 9.65. The van der Waals surface area contributed by atoms with E-state index < -0.39 is 0 Å². The molecule has 0 amide bonds. The van der Waals surface area contributed by atoms with Crippen LogP contribution in [0.2, 0.25) is 0 Å². The van der Waals surface area contributed by atoms with Crippen LogP contribution in [0.15, 0.2) is 47.0 Å². The van der Waals surface area contributed by atoms with E-state index in [1.807, 2.05) is 24.3 Å². The molecule has 0 aliphatic carbocycles. The second-order valence-corrected chi connectivity index (χ2v) is 3.19. The van der Waals surface area contributed by atoms with Gasteiger partial charge in [0, 0.05) is 5.56 Å². The van der Waals surface area contributed by atoms with Gasteiger partial charge in [0.2, 0.25) is 5.89 Å². The van der Waals surface area contributed by atoms with Gasteiger partial charge in [-0.05, 0) is 30.7 Å². The summed E-state index contributed by atoms with van der Waals surface area (Å²) in [7, 11) is 0. The first-order valence-electron chi connectivity index (χ1n) is 4.59. The normalized spacial score (nSPS) is 11.7. The summed E-state index contributed by atoms with van der Waals surface area (Å²) in [6.45, 7) is 1.42. The topological polar surface area (TPSA) is 26.0 Å². The molecule has 3 heteroatoms. The van der Waals surface area contributed by atoms with Gasteiger partial charge in [0.25, 0.3) is 0 Å². The molecule has 1 aromatic heterocycles. The number of rotatable bonds is 2. The molecule has 0 unspecified atom stereocenters. The van der Waals surface area contributed by atoms with Gasteiger partial charge in [-0.3, -0.25) is 0 Å². The number of allylic oxidation sites excluding steroid dienone is 1. The number of aromatic nitrogens is 1. The molecule has 1 aromatic carbocycles. The summed E-state index contributed by atoms with van der Waals surface area (Å²) < 4.78 is 17.7. The summed E-state index contributed by atoms with van der Waals surface area (Å²) in [4.78, 5) is 4.02. The zero-order valence-electron chi connectivity index (χ0n) is 8.27. The van der Waals surface area contributed by atoms with Gasteiger partial charge in [-0.15, -0.1) is 0 Å². The first-order chi connectivity index (χ1) is 7.25. The number of nitrogens with zero attached hydrogens (tertiary/aromatic N) is 1. The third-order valence-electron chi connectivity index (χ3n) is 1.96. The van der Waals surface area contributed by atoms with Crippen LogP contribution in [0.1, 0.15) is 12.5 Å². The molecule has 2 rings (SSSR count). The van der Waals surface area contributed by atoms with Crippen LogP contribution >= 0.6 is 0 Å². The first-order valence-corrected chi connectivity index (χ1v) is 4.59. The van der Waals surface area contributed by atoms with Crippen LogP contribution in [0.25, 0.3) is 17.5 Å². The van der Waals surface area contributed by atoms with Gasteiger partial charge in [0.1, 0.15) is 6.26 Å². The van der Waals surface area contributed by atoms with E-state index in [1.54, 1.807) is 6.20 Å². The molecule has 0 radical (unpaired) electrons. The number of benzene rings is 1. The zero-order valence-corrected chi connectivity index (χ0v) is 8.27. The van der Waals surface area contributed by atoms with E-state index in [9.17, 15) is 4.39 Å². The van der Waals surface area contributed by atoms with Crippen molar-refractivity contribution < 1.29 is 8.81 Å². The van der Waals surface area contributed by atoms with Gasteiger partial charge in [-0.25, -0.2) is 9.37 Å². The second-order valence-electron chi connectivity index (χ2n) is 3.19. The quantitative estimate of drug-likeness (QED) is 0.744. The fourth-order valence-corrected chi connectivity index (χ4v) is 1.32. The molecule has 0 fully saturated rings. The minimum atomic E-state index is -0.209. The van der Waals surface area contributed by atoms with Crippen LogP contribution < -0.4 is 0 Å². The zero-order chi connectivity index (χ0) is 10.7. The third kappa shape index (κ3) is 2.31. The van der Waals surface area contributed by atoms with Crippen molar-refractivity contribution in [3.05, 3.63) is 48.1 Å². The van der Waals surface area contributed by atoms with Crippen molar-refractivity contribution in [1.82, 2.24) is 4.98 Å². The van der Waals surface area contributed by atoms with Crippen molar-refractivity contribution in [1.29, 1.82) is 0 Å². The minimum Gasteiger partial charge on any atom is -0.445 e. The summed E-state index contributed by atoms with van der Waals surface area (Å²) in [6.07, 6.45) is 4.59. The highest BCUT2D eigenvalue weighted by molar-refractivity contribution is 5.59. The van der Waals surface area contributed by atoms with Crippen LogP contribution in [0.4, 0.5) is 4.39 Å². The Morgan fingerprint density at radius 2 is 2.07 bits per heavy atom. The molecule has 0 N–H and O–H groups in total. The lowest BCUT2D eigenvalue weighted by molar-refractivity contribution is 0.574. The van der Waals surface area contributed by atoms with Crippen molar-refractivity contribution in [2.45, 2.75) is 6.92 Å². The Kier molecular flexibility index (Phi) is 2.63. The summed E-state index contributed by atoms with van der Waals surface area (Å²) in [5.41, 5.74) is 1.71. The van der Waals surface area contributed by atoms with E-state index in [0.29, 0.717) is 5.89 Å². The largest absolute Gasteiger partial charge is 0.445 e. The van der Waals surface area contributed by atoms with Crippen molar-refractivity contribution in [3.63, 3.8) is 0 Å². The van der Waals surface area contributed by atoms with E-state index >= 15 is 0 Å². The standard InChI is InChI=1S/C12H10FNO/c1-9(13)8-10-2-4-11(5-3-10)12-14-6-7-15-12/h2-8H,1H3/b9-8+. The number of halogens is 1. The van der Waals surface area contributed by atoms with Crippen LogP contribution in [0.5, 0.6) is 0 Å². The monoisotopic (exact) mass is 203 g/mol. The maximum atomic E-state index is 12.6. The summed E-state index contributed by atoms with van der Waals surface area (Å²) in [5, 5.41) is 0. The second kappa shape index (κ2) is 4.09. The van der Waals surface area contributed by atoms with Crippen LogP contribution in [0, 0.1) is 0 Å². The predicted octanol–water partition coefficient (Wildman–Crippen LogP) is 3.67. The molecular formula is C12H10FNO. The van der Waals surface area contributed by atoms with Gasteiger partial charge in [-0.1, -0.05) is 12.1 Å². The van der Waals surface area contributed by atoms with Crippen molar-refractivity contribution >= 4 is 6.08 Å². The van der Waals surface area contributed by atoms with E-state index in [2.05, 4.69) is 4.98 Å². The molecule has 15 heavy (non-hydrogen) atoms. The number of hydrogen-bond acceptors (Lipinski definition) is 2.